The van der Waals surface area contributed by atoms with Crippen LogP contribution in [0.3, 0.4) is 0 Å². The van der Waals surface area contributed by atoms with Gasteiger partial charge in [-0.3, -0.25) is 0 Å². The zero-order valence-electron chi connectivity index (χ0n) is 6.21. The fraction of sp³-hybridized carbons (Fsp3) is 0.714. The Balaban J connectivity index is 2.52. The van der Waals surface area contributed by atoms with Crippen molar-refractivity contribution in [3.8, 4) is 0 Å². The van der Waals surface area contributed by atoms with Crippen LogP contribution in [0.1, 0.15) is 13.3 Å². The smallest absolute Gasteiger partial charge is 0.111 e. The highest BCUT2D eigenvalue weighted by molar-refractivity contribution is 5.02. The van der Waals surface area contributed by atoms with E-state index in [1.165, 1.54) is 0 Å². The highest BCUT2D eigenvalue weighted by Crippen LogP contribution is 2.14. The van der Waals surface area contributed by atoms with Gasteiger partial charge in [0.25, 0.3) is 0 Å². The van der Waals surface area contributed by atoms with Gasteiger partial charge < -0.3 is 16.2 Å². The van der Waals surface area contributed by atoms with Crippen molar-refractivity contribution < 1.29 is 4.74 Å². The summed E-state index contributed by atoms with van der Waals surface area (Å²) in [6.45, 7) is 2.45. The molecule has 1 unspecified atom stereocenters. The van der Waals surface area contributed by atoms with Crippen LogP contribution in [0.25, 0.3) is 0 Å². The predicted molar refractivity (Wildman–Crippen MR) is 40.3 cm³/mol. The summed E-state index contributed by atoms with van der Waals surface area (Å²) in [6, 6.07) is 0.135. The third-order valence-electron chi connectivity index (χ3n) is 1.76. The van der Waals surface area contributed by atoms with Gasteiger partial charge in [-0.25, -0.2) is 0 Å². The van der Waals surface area contributed by atoms with E-state index in [4.69, 9.17) is 16.2 Å². The highest BCUT2D eigenvalue weighted by Gasteiger charge is 2.18. The molecule has 0 radical (unpaired) electrons. The Kier molecular flexibility index (Phi) is 2.29. The van der Waals surface area contributed by atoms with Gasteiger partial charge in [-0.05, 0) is 19.4 Å². The molecule has 0 saturated carbocycles. The number of ether oxygens (including phenoxy) is 1. The van der Waals surface area contributed by atoms with E-state index >= 15 is 0 Å². The molecule has 58 valence electrons. The SMILES string of the molecule is C[C@H]1OC(CN)=CCC1N. The van der Waals surface area contributed by atoms with E-state index in [9.17, 15) is 0 Å². The van der Waals surface area contributed by atoms with Crippen LogP contribution >= 0.6 is 0 Å². The molecule has 0 aromatic rings. The van der Waals surface area contributed by atoms with Crippen molar-refractivity contribution in [2.45, 2.75) is 25.5 Å². The van der Waals surface area contributed by atoms with Gasteiger partial charge in [0, 0.05) is 6.04 Å². The van der Waals surface area contributed by atoms with Crippen LogP contribution in [-0.4, -0.2) is 18.7 Å². The normalized spacial score (nSPS) is 32.9. The lowest BCUT2D eigenvalue weighted by molar-refractivity contribution is 0.0924. The average Bonchev–Trinajstić information content (AvgIpc) is 1.95. The van der Waals surface area contributed by atoms with Gasteiger partial charge in [-0.2, -0.15) is 0 Å². The summed E-state index contributed by atoms with van der Waals surface area (Å²) in [5.41, 5.74) is 11.1. The molecule has 0 aromatic carbocycles. The third-order valence-corrected chi connectivity index (χ3v) is 1.76. The molecule has 0 fully saturated rings. The van der Waals surface area contributed by atoms with Crippen LogP contribution in [-0.2, 0) is 4.74 Å². The fourth-order valence-electron chi connectivity index (χ4n) is 0.965. The van der Waals surface area contributed by atoms with Gasteiger partial charge in [0.2, 0.25) is 0 Å². The van der Waals surface area contributed by atoms with Crippen LogP contribution in [0.5, 0.6) is 0 Å². The maximum Gasteiger partial charge on any atom is 0.111 e. The molecule has 0 aromatic heterocycles. The Hall–Kier alpha value is -0.540. The number of hydrogen-bond acceptors (Lipinski definition) is 3. The molecule has 0 saturated heterocycles. The summed E-state index contributed by atoms with van der Waals surface area (Å²) in [7, 11) is 0. The zero-order valence-corrected chi connectivity index (χ0v) is 6.21. The van der Waals surface area contributed by atoms with Crippen molar-refractivity contribution >= 4 is 0 Å². The molecule has 0 spiro atoms. The lowest BCUT2D eigenvalue weighted by Gasteiger charge is -2.26. The van der Waals surface area contributed by atoms with Gasteiger partial charge in [-0.15, -0.1) is 0 Å². The second-order valence-corrected chi connectivity index (χ2v) is 2.60. The Morgan fingerprint density at radius 1 is 1.80 bits per heavy atom. The van der Waals surface area contributed by atoms with Crippen molar-refractivity contribution in [1.82, 2.24) is 0 Å². The third kappa shape index (κ3) is 1.49. The maximum absolute atomic E-state index is 5.68. The van der Waals surface area contributed by atoms with Crippen LogP contribution in [0.4, 0.5) is 0 Å². The lowest BCUT2D eigenvalue weighted by atomic mass is 10.1. The van der Waals surface area contributed by atoms with Crippen molar-refractivity contribution in [2.24, 2.45) is 11.5 Å². The van der Waals surface area contributed by atoms with E-state index in [0.717, 1.165) is 12.2 Å². The molecule has 1 aliphatic rings. The molecule has 10 heavy (non-hydrogen) atoms. The molecular formula is C7H14N2O. The van der Waals surface area contributed by atoms with Gasteiger partial charge >= 0.3 is 0 Å². The molecule has 3 heteroatoms. The first kappa shape index (κ1) is 7.57. The van der Waals surface area contributed by atoms with Crippen molar-refractivity contribution in [3.05, 3.63) is 11.8 Å². The molecule has 0 aliphatic carbocycles. The molecular weight excluding hydrogens is 128 g/mol. The van der Waals surface area contributed by atoms with Gasteiger partial charge in [0.05, 0.1) is 6.54 Å². The molecule has 0 bridgehead atoms. The van der Waals surface area contributed by atoms with Gasteiger partial charge in [-0.1, -0.05) is 0 Å². The van der Waals surface area contributed by atoms with E-state index in [0.29, 0.717) is 6.54 Å². The number of rotatable bonds is 1. The van der Waals surface area contributed by atoms with Crippen molar-refractivity contribution in [3.63, 3.8) is 0 Å². The minimum Gasteiger partial charge on any atom is -0.492 e. The minimum atomic E-state index is 0.114. The van der Waals surface area contributed by atoms with Crippen molar-refractivity contribution in [2.75, 3.05) is 6.54 Å². The second kappa shape index (κ2) is 3.03. The standard InChI is InChI=1S/C7H14N2O/c1-5-7(9)3-2-6(4-8)10-5/h2,5,7H,3-4,8-9H2,1H3/t5-,7?/m1/s1. The zero-order chi connectivity index (χ0) is 7.56. The fourth-order valence-corrected chi connectivity index (χ4v) is 0.965. The van der Waals surface area contributed by atoms with E-state index < -0.39 is 0 Å². The topological polar surface area (TPSA) is 61.3 Å². The monoisotopic (exact) mass is 142 g/mol. The second-order valence-electron chi connectivity index (χ2n) is 2.60. The number of hydrogen-bond donors (Lipinski definition) is 2. The Bertz CT molecular complexity index is 145. The minimum absolute atomic E-state index is 0.114. The summed E-state index contributed by atoms with van der Waals surface area (Å²) in [5.74, 6) is 0.870. The average molecular weight is 142 g/mol. The molecule has 1 aliphatic heterocycles. The summed E-state index contributed by atoms with van der Waals surface area (Å²) < 4.78 is 5.36. The molecule has 1 rings (SSSR count). The highest BCUT2D eigenvalue weighted by atomic mass is 16.5. The van der Waals surface area contributed by atoms with Gasteiger partial charge in [0.1, 0.15) is 11.9 Å². The molecule has 1 heterocycles. The number of nitrogens with two attached hydrogens (primary N) is 2. The first-order chi connectivity index (χ1) is 4.74. The van der Waals surface area contributed by atoms with Gasteiger partial charge in [0.15, 0.2) is 0 Å². The van der Waals surface area contributed by atoms with E-state index in [1.807, 2.05) is 13.0 Å². The molecule has 2 atom stereocenters. The summed E-state index contributed by atoms with van der Waals surface area (Å²) in [6.07, 6.45) is 2.96. The predicted octanol–water partition coefficient (Wildman–Crippen LogP) is -0.0349. The largest absolute Gasteiger partial charge is 0.492 e. The first-order valence-corrected chi connectivity index (χ1v) is 3.55. The Labute approximate surface area is 61.0 Å². The summed E-state index contributed by atoms with van der Waals surface area (Å²) >= 11 is 0. The van der Waals surface area contributed by atoms with Crippen LogP contribution in [0.15, 0.2) is 11.8 Å². The summed E-state index contributed by atoms with van der Waals surface area (Å²) in [5, 5.41) is 0. The van der Waals surface area contributed by atoms with E-state index in [1.54, 1.807) is 0 Å². The van der Waals surface area contributed by atoms with Crippen molar-refractivity contribution in [1.29, 1.82) is 0 Å². The molecule has 0 amide bonds. The molecule has 4 N–H and O–H groups in total. The molecule has 3 nitrogen and oxygen atoms in total. The van der Waals surface area contributed by atoms with E-state index in [2.05, 4.69) is 0 Å². The quantitative estimate of drug-likeness (QED) is 0.540. The van der Waals surface area contributed by atoms with Crippen LogP contribution in [0.2, 0.25) is 0 Å². The first-order valence-electron chi connectivity index (χ1n) is 3.55. The Morgan fingerprint density at radius 3 is 3.00 bits per heavy atom. The Morgan fingerprint density at radius 2 is 2.50 bits per heavy atom. The summed E-state index contributed by atoms with van der Waals surface area (Å²) in [4.78, 5) is 0. The van der Waals surface area contributed by atoms with Crippen LogP contribution in [0, 0.1) is 0 Å². The maximum atomic E-state index is 5.68. The van der Waals surface area contributed by atoms with E-state index in [-0.39, 0.29) is 12.1 Å². The van der Waals surface area contributed by atoms with Crippen LogP contribution < -0.4 is 11.5 Å². The lowest BCUT2D eigenvalue weighted by Crippen LogP contribution is -2.37.